The van der Waals surface area contributed by atoms with E-state index in [2.05, 4.69) is 16.3 Å². The van der Waals surface area contributed by atoms with Crippen LogP contribution in [0.3, 0.4) is 0 Å². The van der Waals surface area contributed by atoms with Crippen molar-refractivity contribution in [2.24, 2.45) is 5.92 Å². The van der Waals surface area contributed by atoms with Gasteiger partial charge in [0.25, 0.3) is 0 Å². The number of aromatic amines is 1. The van der Waals surface area contributed by atoms with Crippen molar-refractivity contribution in [3.63, 3.8) is 0 Å². The number of rotatable bonds is 7. The number of amides is 2. The molecule has 1 fully saturated rings. The molecule has 33 heavy (non-hydrogen) atoms. The van der Waals surface area contributed by atoms with Crippen molar-refractivity contribution in [2.45, 2.75) is 19.3 Å². The molecule has 5 rings (SSSR count). The third-order valence-corrected chi connectivity index (χ3v) is 6.16. The van der Waals surface area contributed by atoms with Gasteiger partial charge in [-0.15, -0.1) is 0 Å². The summed E-state index contributed by atoms with van der Waals surface area (Å²) in [6, 6.07) is 17.5. The minimum atomic E-state index is -0.343. The average molecular weight is 447 g/mol. The average Bonchev–Trinajstić information content (AvgIpc) is 3.58. The van der Waals surface area contributed by atoms with Gasteiger partial charge in [0.05, 0.1) is 11.6 Å². The maximum Gasteiger partial charge on any atom is 0.231 e. The molecule has 3 aromatic rings. The Labute approximate surface area is 192 Å². The number of aromatic nitrogens is 2. The number of ether oxygens (including phenoxy) is 2. The van der Waals surface area contributed by atoms with Gasteiger partial charge >= 0.3 is 0 Å². The first-order valence-electron chi connectivity index (χ1n) is 11.1. The molecule has 8 heteroatoms. The molecule has 1 aromatic heterocycles. The Hall–Kier alpha value is -3.81. The van der Waals surface area contributed by atoms with E-state index in [9.17, 15) is 9.59 Å². The Kier molecular flexibility index (Phi) is 5.73. The van der Waals surface area contributed by atoms with Gasteiger partial charge in [0.15, 0.2) is 11.5 Å². The second kappa shape index (κ2) is 8.97. The fourth-order valence-corrected chi connectivity index (χ4v) is 4.35. The van der Waals surface area contributed by atoms with E-state index in [1.54, 1.807) is 29.0 Å². The molecule has 0 bridgehead atoms. The van der Waals surface area contributed by atoms with E-state index in [0.717, 1.165) is 35.5 Å². The number of nitrogens with one attached hydrogen (secondary N) is 1. The second-order valence-corrected chi connectivity index (χ2v) is 8.45. The van der Waals surface area contributed by atoms with Crippen molar-refractivity contribution < 1.29 is 19.1 Å². The topological polar surface area (TPSA) is 87.8 Å². The number of carbonyl (C=O) groups is 2. The number of benzene rings is 2. The van der Waals surface area contributed by atoms with Crippen LogP contribution in [0.4, 0.5) is 5.69 Å². The van der Waals surface area contributed by atoms with Crippen molar-refractivity contribution in [3.05, 3.63) is 60.3 Å². The lowest BCUT2D eigenvalue weighted by molar-refractivity contribution is -0.134. The van der Waals surface area contributed by atoms with Gasteiger partial charge in [-0.25, -0.2) is 0 Å². The van der Waals surface area contributed by atoms with Gasteiger partial charge in [-0.2, -0.15) is 5.10 Å². The van der Waals surface area contributed by atoms with Crippen LogP contribution in [0.5, 0.6) is 11.5 Å². The number of H-pyrrole nitrogens is 1. The van der Waals surface area contributed by atoms with E-state index in [1.807, 2.05) is 36.4 Å². The van der Waals surface area contributed by atoms with E-state index in [4.69, 9.17) is 9.47 Å². The summed E-state index contributed by atoms with van der Waals surface area (Å²) in [5, 5.41) is 7.47. The molecule has 2 aliphatic heterocycles. The highest BCUT2D eigenvalue weighted by molar-refractivity contribution is 6.00. The van der Waals surface area contributed by atoms with Gasteiger partial charge in [-0.3, -0.25) is 14.7 Å². The summed E-state index contributed by atoms with van der Waals surface area (Å²) in [4.78, 5) is 29.0. The van der Waals surface area contributed by atoms with Crippen LogP contribution < -0.4 is 14.4 Å². The van der Waals surface area contributed by atoms with Gasteiger partial charge in [-0.1, -0.05) is 30.3 Å². The lowest BCUT2D eigenvalue weighted by atomic mass is 10.1. The molecule has 170 valence electrons. The Morgan fingerprint density at radius 2 is 1.97 bits per heavy atom. The molecule has 2 amide bonds. The smallest absolute Gasteiger partial charge is 0.231 e. The molecule has 0 saturated carbocycles. The summed E-state index contributed by atoms with van der Waals surface area (Å²) < 4.78 is 10.7. The number of anilines is 1. The third kappa shape index (κ3) is 4.41. The fourth-order valence-electron chi connectivity index (χ4n) is 4.35. The van der Waals surface area contributed by atoms with E-state index >= 15 is 0 Å². The highest BCUT2D eigenvalue weighted by Crippen LogP contribution is 2.37. The predicted molar refractivity (Wildman–Crippen MR) is 123 cm³/mol. The zero-order chi connectivity index (χ0) is 22.8. The number of nitrogens with zero attached hydrogens (tertiary/aromatic N) is 3. The van der Waals surface area contributed by atoms with Gasteiger partial charge in [-0.05, 0) is 31.0 Å². The Morgan fingerprint density at radius 1 is 1.15 bits per heavy atom. The molecular formula is C25H26N4O4. The van der Waals surface area contributed by atoms with Crippen LogP contribution in [-0.2, 0) is 16.0 Å². The molecule has 1 atom stereocenters. The summed E-state index contributed by atoms with van der Waals surface area (Å²) in [7, 11) is 1.80. The molecule has 2 aromatic carbocycles. The first-order chi connectivity index (χ1) is 16.1. The molecule has 1 unspecified atom stereocenters. The molecule has 3 heterocycles. The monoisotopic (exact) mass is 446 g/mol. The molecule has 0 aliphatic carbocycles. The van der Waals surface area contributed by atoms with Crippen molar-refractivity contribution in [1.82, 2.24) is 15.1 Å². The first kappa shape index (κ1) is 21.1. The maximum atomic E-state index is 13.0. The normalized spacial score (nSPS) is 16.9. The summed E-state index contributed by atoms with van der Waals surface area (Å²) in [6.07, 6.45) is 1.83. The molecular weight excluding hydrogens is 420 g/mol. The van der Waals surface area contributed by atoms with Gasteiger partial charge in [0, 0.05) is 49.6 Å². The Morgan fingerprint density at radius 3 is 2.82 bits per heavy atom. The number of aryl methyl sites for hydroxylation is 1. The second-order valence-electron chi connectivity index (χ2n) is 8.45. The lowest BCUT2D eigenvalue weighted by Gasteiger charge is -2.21. The minimum Gasteiger partial charge on any atom is -0.454 e. The lowest BCUT2D eigenvalue weighted by Crippen LogP contribution is -2.35. The van der Waals surface area contributed by atoms with E-state index in [0.29, 0.717) is 24.6 Å². The molecule has 0 spiro atoms. The summed E-state index contributed by atoms with van der Waals surface area (Å²) in [5.74, 6) is 0.907. The van der Waals surface area contributed by atoms with Crippen LogP contribution in [0.15, 0.2) is 54.6 Å². The van der Waals surface area contributed by atoms with Crippen molar-refractivity contribution in [3.8, 4) is 22.8 Å². The summed E-state index contributed by atoms with van der Waals surface area (Å²) in [5.41, 5.74) is 3.77. The zero-order valence-corrected chi connectivity index (χ0v) is 18.5. The molecule has 1 saturated heterocycles. The van der Waals surface area contributed by atoms with E-state index < -0.39 is 0 Å². The summed E-state index contributed by atoms with van der Waals surface area (Å²) in [6.45, 7) is 1.18. The Balaban J connectivity index is 1.13. The van der Waals surface area contributed by atoms with Crippen LogP contribution in [0.2, 0.25) is 0 Å². The fraction of sp³-hybridized carbons (Fsp3) is 0.320. The zero-order valence-electron chi connectivity index (χ0n) is 18.5. The van der Waals surface area contributed by atoms with Crippen molar-refractivity contribution in [2.75, 3.05) is 31.8 Å². The van der Waals surface area contributed by atoms with Gasteiger partial charge in [0.1, 0.15) is 0 Å². The first-order valence-corrected chi connectivity index (χ1v) is 11.1. The maximum absolute atomic E-state index is 13.0. The van der Waals surface area contributed by atoms with E-state index in [-0.39, 0.29) is 30.9 Å². The van der Waals surface area contributed by atoms with Crippen LogP contribution in [0, 0.1) is 5.92 Å². The number of hydrogen-bond acceptors (Lipinski definition) is 5. The molecule has 1 N–H and O–H groups in total. The third-order valence-electron chi connectivity index (χ3n) is 6.16. The van der Waals surface area contributed by atoms with Crippen molar-refractivity contribution >= 4 is 17.5 Å². The standard InChI is InChI=1S/C25H26N4O4/c1-28(11-5-8-19-13-21(27-26-19)17-6-3-2-4-7-17)25(31)18-12-24(30)29(15-18)20-9-10-22-23(14-20)33-16-32-22/h2-4,6-7,9-10,13-14,18H,5,8,11-12,15-16H2,1H3,(H,26,27). The van der Waals surface area contributed by atoms with Crippen LogP contribution in [0.1, 0.15) is 18.5 Å². The SMILES string of the molecule is CN(CCCc1cc(-c2ccccc2)n[nH]1)C(=O)C1CC(=O)N(c2ccc3c(c2)OCO3)C1. The Bertz CT molecular complexity index is 1160. The molecule has 8 nitrogen and oxygen atoms in total. The van der Waals surface area contributed by atoms with Gasteiger partial charge < -0.3 is 19.3 Å². The quantitative estimate of drug-likeness (QED) is 0.602. The molecule has 0 radical (unpaired) electrons. The number of carbonyl (C=O) groups excluding carboxylic acids is 2. The van der Waals surface area contributed by atoms with Crippen LogP contribution in [-0.4, -0.2) is 53.8 Å². The summed E-state index contributed by atoms with van der Waals surface area (Å²) >= 11 is 0. The van der Waals surface area contributed by atoms with Crippen LogP contribution in [0.25, 0.3) is 11.3 Å². The number of hydrogen-bond donors (Lipinski definition) is 1. The minimum absolute atomic E-state index is 0.00109. The van der Waals surface area contributed by atoms with Gasteiger partial charge in [0.2, 0.25) is 18.6 Å². The largest absolute Gasteiger partial charge is 0.454 e. The van der Waals surface area contributed by atoms with E-state index in [1.165, 1.54) is 0 Å². The molecule has 2 aliphatic rings. The highest BCUT2D eigenvalue weighted by Gasteiger charge is 2.36. The predicted octanol–water partition coefficient (Wildman–Crippen LogP) is 3.25. The van der Waals surface area contributed by atoms with Crippen molar-refractivity contribution in [1.29, 1.82) is 0 Å². The number of fused-ring (bicyclic) bond motifs is 1. The highest BCUT2D eigenvalue weighted by atomic mass is 16.7. The van der Waals surface area contributed by atoms with Crippen LogP contribution >= 0.6 is 0 Å².